The van der Waals surface area contributed by atoms with Crippen LogP contribution in [-0.2, 0) is 36.9 Å². The number of hydrogen-bond donors (Lipinski definition) is 3. The van der Waals surface area contributed by atoms with Gasteiger partial charge in [0.05, 0.1) is 32.8 Å². The van der Waals surface area contributed by atoms with Crippen LogP contribution in [-0.4, -0.2) is 98.1 Å². The molecular formula is C35H47N5O6. The Balaban J connectivity index is 1.38. The number of morpholine rings is 1. The van der Waals surface area contributed by atoms with Gasteiger partial charge in [0, 0.05) is 32.7 Å². The monoisotopic (exact) mass is 633 g/mol. The molecule has 0 saturated carbocycles. The summed E-state index contributed by atoms with van der Waals surface area (Å²) in [6.45, 7) is 6.39. The molecule has 11 nitrogen and oxygen atoms in total. The number of carbonyl (C=O) groups excluding carboxylic acids is 4. The maximum absolute atomic E-state index is 13.9. The summed E-state index contributed by atoms with van der Waals surface area (Å²) in [5.41, 5.74) is 2.99. The van der Waals surface area contributed by atoms with E-state index in [0.717, 1.165) is 41.7 Å². The van der Waals surface area contributed by atoms with Crippen molar-refractivity contribution in [3.05, 3.63) is 65.2 Å². The zero-order chi connectivity index (χ0) is 32.3. The average Bonchev–Trinajstić information content (AvgIpc) is 3.06. The fourth-order valence-electron chi connectivity index (χ4n) is 6.32. The highest BCUT2D eigenvalue weighted by Gasteiger charge is 2.32. The van der Waals surface area contributed by atoms with E-state index in [1.807, 2.05) is 60.4 Å². The van der Waals surface area contributed by atoms with Gasteiger partial charge in [-0.15, -0.1) is 0 Å². The number of hydrogen-bond acceptors (Lipinski definition) is 7. The van der Waals surface area contributed by atoms with Crippen LogP contribution in [0.2, 0.25) is 0 Å². The lowest BCUT2D eigenvalue weighted by Crippen LogP contribution is -2.56. The number of benzene rings is 2. The lowest BCUT2D eigenvalue weighted by molar-refractivity contribution is -0.138. The minimum Gasteiger partial charge on any atom is -0.494 e. The van der Waals surface area contributed by atoms with Crippen LogP contribution >= 0.6 is 0 Å². The molecule has 0 aromatic heterocycles. The number of amides is 4. The van der Waals surface area contributed by atoms with Crippen LogP contribution in [0.4, 0.5) is 0 Å². The molecular weight excluding hydrogens is 586 g/mol. The predicted octanol–water partition coefficient (Wildman–Crippen LogP) is 1.96. The van der Waals surface area contributed by atoms with Crippen molar-refractivity contribution in [2.45, 2.75) is 64.1 Å². The Hall–Kier alpha value is -3.96. The first-order chi connectivity index (χ1) is 22.3. The highest BCUT2D eigenvalue weighted by atomic mass is 16.5. The summed E-state index contributed by atoms with van der Waals surface area (Å²) >= 11 is 0. The van der Waals surface area contributed by atoms with Crippen molar-refractivity contribution in [3.63, 3.8) is 0 Å². The molecule has 0 aliphatic carbocycles. The van der Waals surface area contributed by atoms with Gasteiger partial charge in [0.15, 0.2) is 0 Å². The molecule has 11 heteroatoms. The molecule has 3 aliphatic rings. The molecule has 5 rings (SSSR count). The smallest absolute Gasteiger partial charge is 0.243 e. The molecule has 4 amide bonds. The van der Waals surface area contributed by atoms with Gasteiger partial charge in [0.25, 0.3) is 0 Å². The van der Waals surface area contributed by atoms with Gasteiger partial charge in [-0.05, 0) is 73.8 Å². The van der Waals surface area contributed by atoms with Crippen molar-refractivity contribution >= 4 is 23.6 Å². The first kappa shape index (κ1) is 33.4. The van der Waals surface area contributed by atoms with Crippen LogP contribution in [0.5, 0.6) is 5.75 Å². The number of ether oxygens (including phenoxy) is 2. The van der Waals surface area contributed by atoms with Crippen LogP contribution in [0.1, 0.15) is 48.8 Å². The lowest BCUT2D eigenvalue weighted by Gasteiger charge is -2.34. The average molecular weight is 634 g/mol. The lowest BCUT2D eigenvalue weighted by atomic mass is 9.94. The van der Waals surface area contributed by atoms with Crippen molar-refractivity contribution < 1.29 is 28.7 Å². The van der Waals surface area contributed by atoms with Gasteiger partial charge < -0.3 is 30.3 Å². The molecule has 0 spiro atoms. The Kier molecular flexibility index (Phi) is 12.0. The summed E-state index contributed by atoms with van der Waals surface area (Å²) in [7, 11) is 0. The quantitative estimate of drug-likeness (QED) is 0.444. The molecule has 2 saturated heterocycles. The molecule has 2 aromatic carbocycles. The summed E-state index contributed by atoms with van der Waals surface area (Å²) in [6.07, 6.45) is 3.39. The fourth-order valence-corrected chi connectivity index (χ4v) is 6.32. The van der Waals surface area contributed by atoms with Crippen molar-refractivity contribution in [3.8, 4) is 5.75 Å². The highest BCUT2D eigenvalue weighted by Crippen LogP contribution is 2.23. The summed E-state index contributed by atoms with van der Waals surface area (Å²) < 4.78 is 11.5. The minimum atomic E-state index is -1.12. The van der Waals surface area contributed by atoms with Gasteiger partial charge in [-0.3, -0.25) is 24.1 Å². The van der Waals surface area contributed by atoms with Crippen LogP contribution in [0.25, 0.3) is 0 Å². The Morgan fingerprint density at radius 2 is 1.78 bits per heavy atom. The largest absolute Gasteiger partial charge is 0.494 e. The van der Waals surface area contributed by atoms with Crippen molar-refractivity contribution in [1.82, 2.24) is 25.8 Å². The minimum absolute atomic E-state index is 0.101. The van der Waals surface area contributed by atoms with E-state index in [1.165, 1.54) is 0 Å². The zero-order valence-electron chi connectivity index (χ0n) is 26.8. The highest BCUT2D eigenvalue weighted by molar-refractivity contribution is 5.95. The Bertz CT molecular complexity index is 1350. The van der Waals surface area contributed by atoms with Gasteiger partial charge in [-0.2, -0.15) is 0 Å². The number of nitrogens with one attached hydrogen (secondary N) is 3. The van der Waals surface area contributed by atoms with Crippen molar-refractivity contribution in [2.24, 2.45) is 5.92 Å². The van der Waals surface area contributed by atoms with Gasteiger partial charge in [0.2, 0.25) is 23.6 Å². The third kappa shape index (κ3) is 9.77. The van der Waals surface area contributed by atoms with E-state index in [-0.39, 0.29) is 43.1 Å². The van der Waals surface area contributed by atoms with E-state index in [1.54, 1.807) is 4.90 Å². The second-order valence-electron chi connectivity index (χ2n) is 12.6. The number of piperidine rings is 1. The van der Waals surface area contributed by atoms with Gasteiger partial charge in [-0.25, -0.2) is 0 Å². The molecule has 46 heavy (non-hydrogen) atoms. The maximum Gasteiger partial charge on any atom is 0.243 e. The Morgan fingerprint density at radius 1 is 0.978 bits per heavy atom. The molecule has 3 heterocycles. The third-order valence-corrected chi connectivity index (χ3v) is 9.14. The van der Waals surface area contributed by atoms with E-state index >= 15 is 0 Å². The number of fused-ring (bicyclic) bond motifs is 4. The molecule has 3 N–H and O–H groups in total. The molecule has 2 fully saturated rings. The van der Waals surface area contributed by atoms with E-state index in [9.17, 15) is 19.2 Å². The fraction of sp³-hybridized carbons (Fsp3) is 0.543. The molecule has 1 unspecified atom stereocenters. The summed E-state index contributed by atoms with van der Waals surface area (Å²) in [5.74, 6) is -0.383. The molecule has 2 aromatic rings. The molecule has 3 aliphatic heterocycles. The molecule has 248 valence electrons. The number of aryl methyl sites for hydroxylation is 2. The molecule has 3 atom stereocenters. The first-order valence-corrected chi connectivity index (χ1v) is 16.6. The first-order valence-electron chi connectivity index (χ1n) is 16.6. The standard InChI is InChI=1S/C35H47N5O6/c1-25-9-11-29-20-28(25)22-36-34(43)30(12-10-26-6-3-2-4-7-26)38-35(44)31(37-32(41)24-39-15-18-45-19-16-39)21-33(42)40-14-5-8-27(23-40)13-17-46-29/h2-4,6-7,9,11,20,27,30-31H,5,8,10,12-19,21-24H2,1H3,(H,36,43)(H,37,41)(H,38,44)/t27?,30-,31-/m0/s1. The van der Waals surface area contributed by atoms with Crippen LogP contribution in [0.15, 0.2) is 48.5 Å². The van der Waals surface area contributed by atoms with E-state index < -0.39 is 18.0 Å². The third-order valence-electron chi connectivity index (χ3n) is 9.14. The zero-order valence-corrected chi connectivity index (χ0v) is 26.8. The SMILES string of the molecule is Cc1ccc2cc1CNC(=O)[C@H](CCc1ccccc1)NC(=O)[C@@H](NC(=O)CN1CCOCC1)CC(=O)N1CCCC(CCO2)C1. The van der Waals surface area contributed by atoms with Gasteiger partial charge in [-0.1, -0.05) is 36.4 Å². The number of rotatable bonds is 6. The second-order valence-corrected chi connectivity index (χ2v) is 12.6. The van der Waals surface area contributed by atoms with Gasteiger partial charge >= 0.3 is 0 Å². The van der Waals surface area contributed by atoms with Crippen molar-refractivity contribution in [2.75, 3.05) is 52.5 Å². The van der Waals surface area contributed by atoms with E-state index in [0.29, 0.717) is 58.8 Å². The van der Waals surface area contributed by atoms with Crippen molar-refractivity contribution in [1.29, 1.82) is 0 Å². The van der Waals surface area contributed by atoms with Crippen LogP contribution in [0, 0.1) is 12.8 Å². The second kappa shape index (κ2) is 16.6. The Morgan fingerprint density at radius 3 is 2.59 bits per heavy atom. The normalized spacial score (nSPS) is 23.7. The number of carbonyl (C=O) groups is 4. The van der Waals surface area contributed by atoms with Gasteiger partial charge in [0.1, 0.15) is 17.8 Å². The van der Waals surface area contributed by atoms with Crippen LogP contribution in [0.3, 0.4) is 0 Å². The van der Waals surface area contributed by atoms with Crippen LogP contribution < -0.4 is 20.7 Å². The summed E-state index contributed by atoms with van der Waals surface area (Å²) in [5, 5.41) is 8.74. The summed E-state index contributed by atoms with van der Waals surface area (Å²) in [6, 6.07) is 13.6. The van der Waals surface area contributed by atoms with E-state index in [4.69, 9.17) is 9.47 Å². The number of nitrogens with zero attached hydrogens (tertiary/aromatic N) is 2. The summed E-state index contributed by atoms with van der Waals surface area (Å²) in [4.78, 5) is 58.1. The molecule has 0 radical (unpaired) electrons. The topological polar surface area (TPSA) is 129 Å². The van der Waals surface area contributed by atoms with E-state index in [2.05, 4.69) is 16.0 Å². The molecule has 4 bridgehead atoms. The Labute approximate surface area is 271 Å². The predicted molar refractivity (Wildman–Crippen MR) is 173 cm³/mol. The maximum atomic E-state index is 13.9.